The quantitative estimate of drug-likeness (QED) is 0.737. The van der Waals surface area contributed by atoms with Gasteiger partial charge >= 0.3 is 0 Å². The molecule has 1 rings (SSSR count). The number of hydrogen-bond donors (Lipinski definition) is 1. The van der Waals surface area contributed by atoms with Crippen LogP contribution < -0.4 is 0 Å². The van der Waals surface area contributed by atoms with Gasteiger partial charge in [-0.25, -0.2) is 0 Å². The summed E-state index contributed by atoms with van der Waals surface area (Å²) in [5, 5.41) is 9.14. The lowest BCUT2D eigenvalue weighted by Crippen LogP contribution is -1.71. The van der Waals surface area contributed by atoms with E-state index >= 15 is 0 Å². The fraction of sp³-hybridized carbons (Fsp3) is 0. The van der Waals surface area contributed by atoms with E-state index in [4.69, 9.17) is 5.11 Å². The van der Waals surface area contributed by atoms with Crippen LogP contribution in [-0.2, 0) is 0 Å². The summed E-state index contributed by atoms with van der Waals surface area (Å²) < 4.78 is 0.707. The van der Waals surface area contributed by atoms with Crippen molar-refractivity contribution in [2.45, 2.75) is 0 Å². The maximum Gasteiger partial charge on any atom is 0.130 e. The molecule has 2 heteroatoms. The van der Waals surface area contributed by atoms with Crippen LogP contribution in [0.1, 0.15) is 5.56 Å². The van der Waals surface area contributed by atoms with E-state index < -0.39 is 0 Å². The Labute approximate surface area is 68.1 Å². The van der Waals surface area contributed by atoms with Crippen molar-refractivity contribution in [3.05, 3.63) is 34.8 Å². The molecule has 0 aromatic heterocycles. The van der Waals surface area contributed by atoms with Crippen LogP contribution in [0, 0.1) is 0 Å². The van der Waals surface area contributed by atoms with Crippen molar-refractivity contribution >= 4 is 22.0 Å². The largest absolute Gasteiger partial charge is 0.507 e. The Hall–Kier alpha value is -0.760. The third kappa shape index (κ3) is 1.39. The van der Waals surface area contributed by atoms with Crippen molar-refractivity contribution in [1.29, 1.82) is 0 Å². The zero-order valence-electron chi connectivity index (χ0n) is 5.34. The molecule has 0 fully saturated rings. The zero-order chi connectivity index (χ0) is 7.56. The van der Waals surface area contributed by atoms with E-state index in [2.05, 4.69) is 22.5 Å². The first kappa shape index (κ1) is 7.35. The van der Waals surface area contributed by atoms with Crippen molar-refractivity contribution < 1.29 is 5.11 Å². The van der Waals surface area contributed by atoms with Gasteiger partial charge in [0.15, 0.2) is 0 Å². The second-order valence-electron chi connectivity index (χ2n) is 1.91. The Kier molecular flexibility index (Phi) is 2.12. The highest BCUT2D eigenvalue weighted by atomic mass is 79.9. The summed E-state index contributed by atoms with van der Waals surface area (Å²) in [7, 11) is 0. The summed E-state index contributed by atoms with van der Waals surface area (Å²) in [6, 6.07) is 5.31. The first-order valence-corrected chi connectivity index (χ1v) is 3.64. The van der Waals surface area contributed by atoms with Crippen molar-refractivity contribution in [1.82, 2.24) is 0 Å². The normalized spacial score (nSPS) is 9.30. The average Bonchev–Trinajstić information content (AvgIpc) is 1.95. The lowest BCUT2D eigenvalue weighted by molar-refractivity contribution is 0.472. The molecule has 0 saturated carbocycles. The number of phenolic OH excluding ortho intramolecular Hbond substituents is 1. The molecule has 0 radical (unpaired) electrons. The third-order valence-corrected chi connectivity index (χ3v) is 1.88. The first-order valence-electron chi connectivity index (χ1n) is 2.85. The maximum atomic E-state index is 9.14. The van der Waals surface area contributed by atoms with E-state index in [1.54, 1.807) is 18.2 Å². The van der Waals surface area contributed by atoms with E-state index in [-0.39, 0.29) is 5.75 Å². The first-order chi connectivity index (χ1) is 4.74. The Balaban J connectivity index is 3.16. The van der Waals surface area contributed by atoms with Gasteiger partial charge in [0, 0.05) is 0 Å². The Morgan fingerprint density at radius 2 is 2.20 bits per heavy atom. The van der Waals surface area contributed by atoms with Crippen LogP contribution in [0.5, 0.6) is 5.75 Å². The smallest absolute Gasteiger partial charge is 0.130 e. The van der Waals surface area contributed by atoms with E-state index in [1.165, 1.54) is 0 Å². The number of benzene rings is 1. The van der Waals surface area contributed by atoms with Gasteiger partial charge < -0.3 is 5.11 Å². The van der Waals surface area contributed by atoms with Gasteiger partial charge in [0.2, 0.25) is 0 Å². The molecule has 1 N–H and O–H groups in total. The topological polar surface area (TPSA) is 20.2 Å². The number of hydrogen-bond acceptors (Lipinski definition) is 1. The predicted octanol–water partition coefficient (Wildman–Crippen LogP) is 2.80. The van der Waals surface area contributed by atoms with Crippen molar-refractivity contribution in [3.63, 3.8) is 0 Å². The highest BCUT2D eigenvalue weighted by Gasteiger charge is 1.94. The number of halogens is 1. The van der Waals surface area contributed by atoms with Gasteiger partial charge in [-0.1, -0.05) is 18.7 Å². The minimum atomic E-state index is 0.248. The van der Waals surface area contributed by atoms with Gasteiger partial charge in [0.25, 0.3) is 0 Å². The van der Waals surface area contributed by atoms with Gasteiger partial charge in [-0.05, 0) is 33.6 Å². The molecule has 0 spiro atoms. The molecule has 0 aliphatic rings. The van der Waals surface area contributed by atoms with Crippen LogP contribution in [0.2, 0.25) is 0 Å². The molecule has 0 aliphatic heterocycles. The van der Waals surface area contributed by atoms with Crippen LogP contribution in [0.3, 0.4) is 0 Å². The molecule has 0 atom stereocenters. The zero-order valence-corrected chi connectivity index (χ0v) is 6.93. The van der Waals surface area contributed by atoms with Gasteiger partial charge in [-0.3, -0.25) is 0 Å². The van der Waals surface area contributed by atoms with Crippen molar-refractivity contribution in [2.75, 3.05) is 0 Å². The van der Waals surface area contributed by atoms with Gasteiger partial charge in [-0.2, -0.15) is 0 Å². The second kappa shape index (κ2) is 2.88. The molecular weight excluding hydrogens is 192 g/mol. The monoisotopic (exact) mass is 198 g/mol. The lowest BCUT2D eigenvalue weighted by Gasteiger charge is -1.96. The SMILES string of the molecule is C=Cc1ccc(Br)c(O)c1. The molecule has 0 unspecified atom stereocenters. The lowest BCUT2D eigenvalue weighted by atomic mass is 10.2. The van der Waals surface area contributed by atoms with Crippen LogP contribution in [0.15, 0.2) is 29.3 Å². The second-order valence-corrected chi connectivity index (χ2v) is 2.77. The molecule has 0 aliphatic carbocycles. The summed E-state index contributed by atoms with van der Waals surface area (Å²) in [6.45, 7) is 3.58. The Morgan fingerprint density at radius 3 is 2.70 bits per heavy atom. The molecule has 0 saturated heterocycles. The van der Waals surface area contributed by atoms with E-state index in [0.29, 0.717) is 4.47 Å². The summed E-state index contributed by atoms with van der Waals surface area (Å²) in [4.78, 5) is 0. The molecule has 52 valence electrons. The predicted molar refractivity (Wildman–Crippen MR) is 45.9 cm³/mol. The standard InChI is InChI=1S/C8H7BrO/c1-2-6-3-4-7(9)8(10)5-6/h2-5,10H,1H2. The highest BCUT2D eigenvalue weighted by molar-refractivity contribution is 9.10. The number of rotatable bonds is 1. The Bertz CT molecular complexity index is 255. The van der Waals surface area contributed by atoms with Crippen LogP contribution in [0.25, 0.3) is 6.08 Å². The van der Waals surface area contributed by atoms with E-state index in [9.17, 15) is 0 Å². The van der Waals surface area contributed by atoms with E-state index in [1.807, 2.05) is 6.07 Å². The highest BCUT2D eigenvalue weighted by Crippen LogP contribution is 2.24. The Morgan fingerprint density at radius 1 is 1.50 bits per heavy atom. The molecule has 0 heterocycles. The van der Waals surface area contributed by atoms with Crippen molar-refractivity contribution in [3.8, 4) is 5.75 Å². The summed E-state index contributed by atoms with van der Waals surface area (Å²) >= 11 is 3.17. The minimum absolute atomic E-state index is 0.248. The summed E-state index contributed by atoms with van der Waals surface area (Å²) in [6.07, 6.45) is 1.69. The molecule has 1 nitrogen and oxygen atoms in total. The summed E-state index contributed by atoms with van der Waals surface area (Å²) in [5.74, 6) is 0.248. The van der Waals surface area contributed by atoms with Gasteiger partial charge in [0.05, 0.1) is 4.47 Å². The number of phenols is 1. The molecule has 1 aromatic rings. The van der Waals surface area contributed by atoms with Crippen molar-refractivity contribution in [2.24, 2.45) is 0 Å². The third-order valence-electron chi connectivity index (χ3n) is 1.21. The molecule has 10 heavy (non-hydrogen) atoms. The molecule has 0 amide bonds. The maximum absolute atomic E-state index is 9.14. The number of aromatic hydroxyl groups is 1. The van der Waals surface area contributed by atoms with Gasteiger partial charge in [0.1, 0.15) is 5.75 Å². The van der Waals surface area contributed by atoms with Crippen LogP contribution in [0.4, 0.5) is 0 Å². The average molecular weight is 199 g/mol. The molecule has 0 bridgehead atoms. The minimum Gasteiger partial charge on any atom is -0.507 e. The van der Waals surface area contributed by atoms with Crippen LogP contribution >= 0.6 is 15.9 Å². The van der Waals surface area contributed by atoms with E-state index in [0.717, 1.165) is 5.56 Å². The molecular formula is C8H7BrO. The fourth-order valence-corrected chi connectivity index (χ4v) is 0.903. The van der Waals surface area contributed by atoms with Crippen LogP contribution in [-0.4, -0.2) is 5.11 Å². The van der Waals surface area contributed by atoms with Gasteiger partial charge in [-0.15, -0.1) is 0 Å². The summed E-state index contributed by atoms with van der Waals surface area (Å²) in [5.41, 5.74) is 0.917. The molecule has 1 aromatic carbocycles. The fourth-order valence-electron chi connectivity index (χ4n) is 0.657.